The summed E-state index contributed by atoms with van der Waals surface area (Å²) in [4.78, 5) is 26.7. The molecule has 7 heteroatoms. The maximum Gasteiger partial charge on any atom is 0.525 e. The molecule has 0 radical (unpaired) electrons. The Balaban J connectivity index is 4.47. The lowest BCUT2D eigenvalue weighted by atomic mass is 10.4. The monoisotopic (exact) mass is 196 g/mol. The molecule has 0 aliphatic carbocycles. The van der Waals surface area contributed by atoms with Crippen LogP contribution in [0.3, 0.4) is 0 Å². The standard InChI is InChI=1S/C5H9O6P/c1-2-3-4(5(6)7)11-12(8,9)10/h3H,2H2,1H3,(H,6,7)(H2,8,9,10)/b4-3+. The molecule has 0 saturated heterocycles. The third kappa shape index (κ3) is 4.90. The summed E-state index contributed by atoms with van der Waals surface area (Å²) < 4.78 is 14.1. The van der Waals surface area contributed by atoms with E-state index in [4.69, 9.17) is 14.9 Å². The van der Waals surface area contributed by atoms with Gasteiger partial charge in [-0.1, -0.05) is 6.92 Å². The molecule has 0 aliphatic rings. The lowest BCUT2D eigenvalue weighted by Crippen LogP contribution is -2.03. The molecule has 3 N–H and O–H groups in total. The number of rotatable bonds is 4. The largest absolute Gasteiger partial charge is 0.525 e. The van der Waals surface area contributed by atoms with Crippen molar-refractivity contribution >= 4 is 13.8 Å². The summed E-state index contributed by atoms with van der Waals surface area (Å²) in [5.41, 5.74) is 0. The normalized spacial score (nSPS) is 12.8. The molecule has 0 saturated carbocycles. The van der Waals surface area contributed by atoms with Gasteiger partial charge in [0.1, 0.15) is 0 Å². The first-order valence-electron chi connectivity index (χ1n) is 3.05. The molecule has 0 aliphatic heterocycles. The van der Waals surface area contributed by atoms with Crippen LogP contribution in [0.5, 0.6) is 0 Å². The van der Waals surface area contributed by atoms with Crippen LogP contribution in [0.4, 0.5) is 0 Å². The maximum absolute atomic E-state index is 10.2. The topological polar surface area (TPSA) is 104 Å². The van der Waals surface area contributed by atoms with Crippen molar-refractivity contribution in [3.8, 4) is 0 Å². The highest BCUT2D eigenvalue weighted by atomic mass is 31.2. The Hall–Kier alpha value is -0.840. The van der Waals surface area contributed by atoms with Gasteiger partial charge in [0.15, 0.2) is 0 Å². The van der Waals surface area contributed by atoms with Crippen molar-refractivity contribution in [2.24, 2.45) is 0 Å². The van der Waals surface area contributed by atoms with Gasteiger partial charge >= 0.3 is 13.8 Å². The summed E-state index contributed by atoms with van der Waals surface area (Å²) in [6, 6.07) is 0. The van der Waals surface area contributed by atoms with Crippen LogP contribution in [0.25, 0.3) is 0 Å². The fourth-order valence-electron chi connectivity index (χ4n) is 0.477. The van der Waals surface area contributed by atoms with Crippen molar-refractivity contribution in [1.29, 1.82) is 0 Å². The van der Waals surface area contributed by atoms with Gasteiger partial charge in [-0.25, -0.2) is 9.36 Å². The van der Waals surface area contributed by atoms with Gasteiger partial charge in [0.2, 0.25) is 5.76 Å². The van der Waals surface area contributed by atoms with E-state index in [-0.39, 0.29) is 0 Å². The Labute approximate surface area is 68.7 Å². The van der Waals surface area contributed by atoms with E-state index in [1.165, 1.54) is 0 Å². The second-order valence-corrected chi connectivity index (χ2v) is 3.03. The van der Waals surface area contributed by atoms with Crippen LogP contribution in [0.2, 0.25) is 0 Å². The van der Waals surface area contributed by atoms with Crippen LogP contribution in [0.1, 0.15) is 13.3 Å². The predicted molar refractivity (Wildman–Crippen MR) is 39.1 cm³/mol. The second-order valence-electron chi connectivity index (χ2n) is 1.86. The highest BCUT2D eigenvalue weighted by Gasteiger charge is 2.21. The molecule has 0 heterocycles. The molecule has 12 heavy (non-hydrogen) atoms. The summed E-state index contributed by atoms with van der Waals surface area (Å²) in [5.74, 6) is -2.23. The van der Waals surface area contributed by atoms with Gasteiger partial charge in [-0.15, -0.1) is 0 Å². The van der Waals surface area contributed by atoms with Gasteiger partial charge in [-0.3, -0.25) is 9.79 Å². The Morgan fingerprint density at radius 1 is 1.58 bits per heavy atom. The summed E-state index contributed by atoms with van der Waals surface area (Å²) in [6.07, 6.45) is 1.39. The number of carboxylic acid groups (broad SMARTS) is 1. The summed E-state index contributed by atoms with van der Waals surface area (Å²) in [5, 5.41) is 8.33. The molecule has 0 amide bonds. The van der Waals surface area contributed by atoms with Crippen molar-refractivity contribution in [1.82, 2.24) is 0 Å². The molecule has 0 rings (SSSR count). The minimum atomic E-state index is -4.75. The van der Waals surface area contributed by atoms with E-state index in [9.17, 15) is 9.36 Å². The van der Waals surface area contributed by atoms with Crippen LogP contribution in [0.15, 0.2) is 11.8 Å². The third-order valence-electron chi connectivity index (χ3n) is 0.818. The lowest BCUT2D eigenvalue weighted by molar-refractivity contribution is -0.135. The average Bonchev–Trinajstić information content (AvgIpc) is 1.83. The SMILES string of the molecule is CC/C=C(/OP(=O)(O)O)C(=O)O. The quantitative estimate of drug-likeness (QED) is 0.343. The van der Waals surface area contributed by atoms with Gasteiger partial charge in [-0.05, 0) is 12.5 Å². The molecule has 0 aromatic carbocycles. The Morgan fingerprint density at radius 3 is 2.33 bits per heavy atom. The summed E-state index contributed by atoms with van der Waals surface area (Å²) in [7, 11) is -4.75. The zero-order valence-corrected chi connectivity index (χ0v) is 7.19. The van der Waals surface area contributed by atoms with Crippen molar-refractivity contribution in [3.63, 3.8) is 0 Å². The van der Waals surface area contributed by atoms with Crippen molar-refractivity contribution in [2.75, 3.05) is 0 Å². The smallest absolute Gasteiger partial charge is 0.475 e. The number of hydrogen-bond donors (Lipinski definition) is 3. The molecule has 0 aromatic heterocycles. The fraction of sp³-hybridized carbons (Fsp3) is 0.400. The summed E-state index contributed by atoms with van der Waals surface area (Å²) in [6.45, 7) is 1.62. The Kier molecular flexibility index (Phi) is 3.95. The number of allylic oxidation sites excluding steroid dienone is 1. The first-order chi connectivity index (χ1) is 5.37. The van der Waals surface area contributed by atoms with E-state index in [0.717, 1.165) is 6.08 Å². The Morgan fingerprint density at radius 2 is 2.08 bits per heavy atom. The van der Waals surface area contributed by atoms with E-state index < -0.39 is 19.6 Å². The molecule has 6 nitrogen and oxygen atoms in total. The van der Waals surface area contributed by atoms with Crippen LogP contribution < -0.4 is 0 Å². The van der Waals surface area contributed by atoms with Gasteiger partial charge in [0.05, 0.1) is 0 Å². The first-order valence-corrected chi connectivity index (χ1v) is 4.58. The number of carboxylic acids is 1. The molecular formula is C5H9O6P. The number of carbonyl (C=O) groups is 1. The van der Waals surface area contributed by atoms with E-state index in [2.05, 4.69) is 4.52 Å². The molecule has 0 aromatic rings. The van der Waals surface area contributed by atoms with Crippen LogP contribution in [0, 0.1) is 0 Å². The number of phosphoric acid groups is 1. The van der Waals surface area contributed by atoms with E-state index in [1.54, 1.807) is 6.92 Å². The zero-order chi connectivity index (χ0) is 9.78. The van der Waals surface area contributed by atoms with E-state index in [0.29, 0.717) is 6.42 Å². The second kappa shape index (κ2) is 4.25. The molecule has 70 valence electrons. The van der Waals surface area contributed by atoms with Crippen molar-refractivity contribution < 1.29 is 28.8 Å². The number of hydrogen-bond acceptors (Lipinski definition) is 3. The number of phosphoric ester groups is 1. The Bertz CT molecular complexity index is 238. The third-order valence-corrected chi connectivity index (χ3v) is 1.25. The lowest BCUT2D eigenvalue weighted by Gasteiger charge is -2.05. The van der Waals surface area contributed by atoms with Crippen LogP contribution in [-0.4, -0.2) is 20.9 Å². The van der Waals surface area contributed by atoms with Gasteiger partial charge in [0.25, 0.3) is 0 Å². The molecule has 0 fully saturated rings. The molecule has 0 spiro atoms. The molecule has 0 bridgehead atoms. The van der Waals surface area contributed by atoms with Gasteiger partial charge < -0.3 is 9.63 Å². The van der Waals surface area contributed by atoms with E-state index in [1.807, 2.05) is 0 Å². The average molecular weight is 196 g/mol. The van der Waals surface area contributed by atoms with Gasteiger partial charge in [-0.2, -0.15) is 0 Å². The molecule has 0 atom stereocenters. The minimum Gasteiger partial charge on any atom is -0.475 e. The highest BCUT2D eigenvalue weighted by Crippen LogP contribution is 2.38. The van der Waals surface area contributed by atoms with Crippen LogP contribution in [-0.2, 0) is 13.9 Å². The van der Waals surface area contributed by atoms with Crippen LogP contribution >= 0.6 is 7.82 Å². The molecular weight excluding hydrogens is 187 g/mol. The maximum atomic E-state index is 10.2. The van der Waals surface area contributed by atoms with Crippen molar-refractivity contribution in [3.05, 3.63) is 11.8 Å². The summed E-state index contributed by atoms with van der Waals surface area (Å²) >= 11 is 0. The first kappa shape index (κ1) is 11.2. The predicted octanol–water partition coefficient (Wildman–Crippen LogP) is 0.474. The van der Waals surface area contributed by atoms with Crippen molar-refractivity contribution in [2.45, 2.75) is 13.3 Å². The minimum absolute atomic E-state index is 0.321. The van der Waals surface area contributed by atoms with E-state index >= 15 is 0 Å². The fourth-order valence-corrected chi connectivity index (χ4v) is 0.886. The highest BCUT2D eigenvalue weighted by molar-refractivity contribution is 7.46. The zero-order valence-electron chi connectivity index (χ0n) is 6.30. The number of aliphatic carboxylic acids is 1. The van der Waals surface area contributed by atoms with Gasteiger partial charge in [0, 0.05) is 0 Å². The molecule has 0 unspecified atom stereocenters.